The lowest BCUT2D eigenvalue weighted by molar-refractivity contribution is -0.159. The van der Waals surface area contributed by atoms with Gasteiger partial charge in [-0.1, -0.05) is 12.7 Å². The maximum absolute atomic E-state index is 11.9. The lowest BCUT2D eigenvalue weighted by Crippen LogP contribution is -2.25. The van der Waals surface area contributed by atoms with E-state index in [9.17, 15) is 4.79 Å². The van der Waals surface area contributed by atoms with Crippen molar-refractivity contribution in [3.8, 4) is 0 Å². The van der Waals surface area contributed by atoms with Crippen LogP contribution in [0.1, 0.15) is 38.5 Å². The molecule has 2 aliphatic carbocycles. The minimum Gasteiger partial charge on any atom is -0.456 e. The van der Waals surface area contributed by atoms with Gasteiger partial charge in [0.05, 0.1) is 30.3 Å². The fourth-order valence-electron chi connectivity index (χ4n) is 2.50. The van der Waals surface area contributed by atoms with E-state index >= 15 is 0 Å². The monoisotopic (exact) mass is 334 g/mol. The standard InChI is InChI=1S/C19H26O5/c1-3-12-21-13-15(2)19(20)22-14-18(23-16-8-4-5-9-16)24-17-10-6-7-11-17/h3,8,10,18H,1-2,4-7,9,11-14H2. The van der Waals surface area contributed by atoms with Crippen molar-refractivity contribution in [3.63, 3.8) is 0 Å². The zero-order valence-electron chi connectivity index (χ0n) is 14.1. The highest BCUT2D eigenvalue weighted by Gasteiger charge is 2.21. The summed E-state index contributed by atoms with van der Waals surface area (Å²) in [6.07, 6.45) is 11.1. The summed E-state index contributed by atoms with van der Waals surface area (Å²) in [5.41, 5.74) is 0.260. The van der Waals surface area contributed by atoms with Crippen molar-refractivity contribution in [2.45, 2.75) is 44.8 Å². The van der Waals surface area contributed by atoms with Crippen LogP contribution in [0.15, 0.2) is 48.5 Å². The summed E-state index contributed by atoms with van der Waals surface area (Å²) in [6, 6.07) is 0. The Morgan fingerprint density at radius 3 is 2.29 bits per heavy atom. The molecule has 0 saturated carbocycles. The molecule has 0 aromatic rings. The van der Waals surface area contributed by atoms with Crippen LogP contribution in [0.25, 0.3) is 0 Å². The van der Waals surface area contributed by atoms with Crippen LogP contribution in [0.5, 0.6) is 0 Å². The van der Waals surface area contributed by atoms with Crippen LogP contribution < -0.4 is 0 Å². The zero-order valence-corrected chi connectivity index (χ0v) is 14.1. The molecule has 2 rings (SSSR count). The third-order valence-corrected chi connectivity index (χ3v) is 3.72. The molecule has 0 N–H and O–H groups in total. The first-order valence-electron chi connectivity index (χ1n) is 8.44. The Kier molecular flexibility index (Phi) is 7.62. The van der Waals surface area contributed by atoms with Crippen LogP contribution in [0.4, 0.5) is 0 Å². The molecule has 132 valence electrons. The molecule has 0 saturated heterocycles. The van der Waals surface area contributed by atoms with Gasteiger partial charge in [0, 0.05) is 12.8 Å². The minimum atomic E-state index is -0.621. The van der Waals surface area contributed by atoms with Gasteiger partial charge >= 0.3 is 5.97 Å². The molecule has 5 heteroatoms. The van der Waals surface area contributed by atoms with Crippen molar-refractivity contribution in [2.75, 3.05) is 19.8 Å². The van der Waals surface area contributed by atoms with E-state index < -0.39 is 12.3 Å². The van der Waals surface area contributed by atoms with Gasteiger partial charge in [-0.2, -0.15) is 0 Å². The molecule has 0 radical (unpaired) electrons. The summed E-state index contributed by atoms with van der Waals surface area (Å²) >= 11 is 0. The fourth-order valence-corrected chi connectivity index (χ4v) is 2.50. The molecular weight excluding hydrogens is 308 g/mol. The molecule has 0 amide bonds. The molecule has 0 aliphatic heterocycles. The Morgan fingerprint density at radius 2 is 1.79 bits per heavy atom. The first kappa shape index (κ1) is 18.3. The van der Waals surface area contributed by atoms with E-state index in [0.29, 0.717) is 6.61 Å². The second-order valence-corrected chi connectivity index (χ2v) is 5.80. The summed E-state index contributed by atoms with van der Waals surface area (Å²) in [4.78, 5) is 11.9. The molecular formula is C19H26O5. The van der Waals surface area contributed by atoms with Crippen molar-refractivity contribution in [1.82, 2.24) is 0 Å². The number of allylic oxidation sites excluding steroid dienone is 4. The molecule has 0 bridgehead atoms. The van der Waals surface area contributed by atoms with Gasteiger partial charge in [-0.25, -0.2) is 4.79 Å². The first-order valence-corrected chi connectivity index (χ1v) is 8.44. The predicted molar refractivity (Wildman–Crippen MR) is 90.9 cm³/mol. The van der Waals surface area contributed by atoms with Gasteiger partial charge in [0.1, 0.15) is 0 Å². The summed E-state index contributed by atoms with van der Waals surface area (Å²) in [5, 5.41) is 0. The number of carbonyl (C=O) groups excluding carboxylic acids is 1. The highest BCUT2D eigenvalue weighted by molar-refractivity contribution is 5.87. The van der Waals surface area contributed by atoms with Crippen molar-refractivity contribution in [3.05, 3.63) is 48.5 Å². The number of esters is 1. The molecule has 0 unspecified atom stereocenters. The Balaban J connectivity index is 1.81. The molecule has 0 aromatic heterocycles. The Bertz CT molecular complexity index is 492. The van der Waals surface area contributed by atoms with E-state index in [4.69, 9.17) is 18.9 Å². The Labute approximate surface area is 143 Å². The van der Waals surface area contributed by atoms with Crippen LogP contribution in [-0.2, 0) is 23.7 Å². The van der Waals surface area contributed by atoms with E-state index in [1.165, 1.54) is 0 Å². The van der Waals surface area contributed by atoms with Gasteiger partial charge in [0.2, 0.25) is 0 Å². The molecule has 0 heterocycles. The molecule has 24 heavy (non-hydrogen) atoms. The molecule has 2 aliphatic rings. The average Bonchev–Trinajstić information content (AvgIpc) is 3.26. The van der Waals surface area contributed by atoms with Crippen LogP contribution in [0.2, 0.25) is 0 Å². The topological polar surface area (TPSA) is 54.0 Å². The van der Waals surface area contributed by atoms with Crippen molar-refractivity contribution in [1.29, 1.82) is 0 Å². The third kappa shape index (κ3) is 6.24. The third-order valence-electron chi connectivity index (χ3n) is 3.72. The SMILES string of the molecule is C=CCOCC(=C)C(=O)OCC(OC1=CCCC1)OC1=CCCC1. The van der Waals surface area contributed by atoms with Gasteiger partial charge in [0.25, 0.3) is 6.29 Å². The van der Waals surface area contributed by atoms with Crippen molar-refractivity contribution >= 4 is 5.97 Å². The summed E-state index contributed by atoms with van der Waals surface area (Å²) < 4.78 is 22.2. The van der Waals surface area contributed by atoms with E-state index in [-0.39, 0.29) is 18.8 Å². The summed E-state index contributed by atoms with van der Waals surface area (Å²) in [5.74, 6) is 1.31. The molecule has 0 fully saturated rings. The summed E-state index contributed by atoms with van der Waals surface area (Å²) in [6.45, 7) is 7.72. The van der Waals surface area contributed by atoms with Gasteiger partial charge < -0.3 is 18.9 Å². The second-order valence-electron chi connectivity index (χ2n) is 5.80. The predicted octanol–water partition coefficient (Wildman–Crippen LogP) is 3.78. The average molecular weight is 334 g/mol. The number of hydrogen-bond donors (Lipinski definition) is 0. The van der Waals surface area contributed by atoms with Crippen LogP contribution in [0, 0.1) is 0 Å². The normalized spacial score (nSPS) is 16.5. The molecule has 0 spiro atoms. The molecule has 5 nitrogen and oxygen atoms in total. The number of rotatable bonds is 11. The lowest BCUT2D eigenvalue weighted by Gasteiger charge is -2.22. The quantitative estimate of drug-likeness (QED) is 0.189. The maximum atomic E-state index is 11.9. The Hall–Kier alpha value is -2.01. The number of ether oxygens (including phenoxy) is 4. The van der Waals surface area contributed by atoms with E-state index in [0.717, 1.165) is 50.0 Å². The summed E-state index contributed by atoms with van der Waals surface area (Å²) in [7, 11) is 0. The fraction of sp³-hybridized carbons (Fsp3) is 0.526. The lowest BCUT2D eigenvalue weighted by atomic mass is 10.3. The van der Waals surface area contributed by atoms with E-state index in [1.807, 2.05) is 0 Å². The first-order chi connectivity index (χ1) is 11.7. The molecule has 0 atom stereocenters. The van der Waals surface area contributed by atoms with E-state index in [1.54, 1.807) is 6.08 Å². The van der Waals surface area contributed by atoms with Gasteiger partial charge in [-0.3, -0.25) is 0 Å². The van der Waals surface area contributed by atoms with Crippen LogP contribution in [-0.4, -0.2) is 32.1 Å². The van der Waals surface area contributed by atoms with Gasteiger partial charge in [-0.15, -0.1) is 6.58 Å². The molecule has 0 aromatic carbocycles. The van der Waals surface area contributed by atoms with E-state index in [2.05, 4.69) is 25.3 Å². The zero-order chi connectivity index (χ0) is 17.2. The smallest absolute Gasteiger partial charge is 0.336 e. The van der Waals surface area contributed by atoms with Gasteiger partial charge in [-0.05, 0) is 37.8 Å². The highest BCUT2D eigenvalue weighted by atomic mass is 16.7. The second kappa shape index (κ2) is 9.98. The maximum Gasteiger partial charge on any atom is 0.336 e. The van der Waals surface area contributed by atoms with Gasteiger partial charge in [0.15, 0.2) is 6.61 Å². The van der Waals surface area contributed by atoms with Crippen molar-refractivity contribution < 1.29 is 23.7 Å². The van der Waals surface area contributed by atoms with Crippen LogP contribution >= 0.6 is 0 Å². The largest absolute Gasteiger partial charge is 0.456 e. The Morgan fingerprint density at radius 1 is 1.17 bits per heavy atom. The number of carbonyl (C=O) groups is 1. The van der Waals surface area contributed by atoms with Crippen LogP contribution in [0.3, 0.4) is 0 Å². The van der Waals surface area contributed by atoms with Crippen molar-refractivity contribution in [2.24, 2.45) is 0 Å². The minimum absolute atomic E-state index is 0.0218. The highest BCUT2D eigenvalue weighted by Crippen LogP contribution is 2.25. The number of hydrogen-bond acceptors (Lipinski definition) is 5.